The van der Waals surface area contributed by atoms with Crippen molar-refractivity contribution in [3.8, 4) is 0 Å². The predicted molar refractivity (Wildman–Crippen MR) is 51.7 cm³/mol. The number of rotatable bonds is 1. The van der Waals surface area contributed by atoms with Gasteiger partial charge in [-0.25, -0.2) is 4.79 Å². The molecule has 0 aliphatic rings. The summed E-state index contributed by atoms with van der Waals surface area (Å²) in [6.07, 6.45) is 0. The van der Waals surface area contributed by atoms with Crippen molar-refractivity contribution in [1.82, 2.24) is 0 Å². The fourth-order valence-electron chi connectivity index (χ4n) is 1.17. The fourth-order valence-corrected chi connectivity index (χ4v) is 1.17. The summed E-state index contributed by atoms with van der Waals surface area (Å²) in [6.45, 7) is 3.75. The zero-order valence-corrected chi connectivity index (χ0v) is 8.05. The maximum absolute atomic E-state index is 11.2. The Hall–Kier alpha value is -1.51. The van der Waals surface area contributed by atoms with E-state index in [0.717, 1.165) is 11.1 Å². The molecule has 2 N–H and O–H groups in total. The lowest BCUT2D eigenvalue weighted by molar-refractivity contribution is 0.0600. The van der Waals surface area contributed by atoms with E-state index in [4.69, 9.17) is 5.73 Å². The van der Waals surface area contributed by atoms with Crippen molar-refractivity contribution in [3.63, 3.8) is 0 Å². The van der Waals surface area contributed by atoms with Gasteiger partial charge in [0.2, 0.25) is 0 Å². The normalized spacial score (nSPS) is 9.77. The summed E-state index contributed by atoms with van der Waals surface area (Å²) in [6, 6.07) is 3.40. The van der Waals surface area contributed by atoms with Gasteiger partial charge in [-0.05, 0) is 37.1 Å². The molecule has 0 radical (unpaired) electrons. The second-order valence-electron chi connectivity index (χ2n) is 2.94. The predicted octanol–water partition coefficient (Wildman–Crippen LogP) is 1.67. The van der Waals surface area contributed by atoms with Crippen LogP contribution in [0.4, 0.5) is 5.69 Å². The molecule has 1 rings (SSSR count). The number of benzene rings is 1. The van der Waals surface area contributed by atoms with Crippen molar-refractivity contribution in [1.29, 1.82) is 0 Å². The zero-order valence-electron chi connectivity index (χ0n) is 8.05. The summed E-state index contributed by atoms with van der Waals surface area (Å²) >= 11 is 0. The number of esters is 1. The average molecular weight is 179 g/mol. The number of carbonyl (C=O) groups excluding carboxylic acids is 1. The van der Waals surface area contributed by atoms with Crippen LogP contribution >= 0.6 is 0 Å². The molecule has 0 atom stereocenters. The van der Waals surface area contributed by atoms with E-state index in [1.54, 1.807) is 12.1 Å². The number of methoxy groups -OCH3 is 1. The standard InChI is InChI=1S/C10H13NO2/c1-6-7(2)9(11)5-4-8(6)10(12)13-3/h4-5H,11H2,1-3H3. The maximum Gasteiger partial charge on any atom is 0.338 e. The first-order valence-corrected chi connectivity index (χ1v) is 4.02. The Morgan fingerprint density at radius 2 is 1.92 bits per heavy atom. The number of carbonyl (C=O) groups is 1. The van der Waals surface area contributed by atoms with Crippen molar-refractivity contribution in [2.24, 2.45) is 0 Å². The van der Waals surface area contributed by atoms with E-state index in [9.17, 15) is 4.79 Å². The van der Waals surface area contributed by atoms with Gasteiger partial charge >= 0.3 is 5.97 Å². The second-order valence-corrected chi connectivity index (χ2v) is 2.94. The molecule has 0 unspecified atom stereocenters. The summed E-state index contributed by atoms with van der Waals surface area (Å²) in [5.41, 5.74) is 8.77. The highest BCUT2D eigenvalue weighted by Crippen LogP contribution is 2.19. The molecule has 0 bridgehead atoms. The molecule has 0 spiro atoms. The van der Waals surface area contributed by atoms with Gasteiger partial charge in [-0.1, -0.05) is 0 Å². The molecule has 0 heterocycles. The minimum atomic E-state index is -0.319. The van der Waals surface area contributed by atoms with Crippen LogP contribution in [0.15, 0.2) is 12.1 Å². The summed E-state index contributed by atoms with van der Waals surface area (Å²) in [7, 11) is 1.37. The molecule has 0 amide bonds. The van der Waals surface area contributed by atoms with Gasteiger partial charge in [-0.15, -0.1) is 0 Å². The van der Waals surface area contributed by atoms with Crippen molar-refractivity contribution < 1.29 is 9.53 Å². The molecule has 70 valence electrons. The van der Waals surface area contributed by atoms with Gasteiger partial charge in [0, 0.05) is 5.69 Å². The van der Waals surface area contributed by atoms with E-state index in [-0.39, 0.29) is 5.97 Å². The molecule has 0 aliphatic heterocycles. The van der Waals surface area contributed by atoms with E-state index in [1.165, 1.54) is 7.11 Å². The van der Waals surface area contributed by atoms with Gasteiger partial charge in [0.15, 0.2) is 0 Å². The molecule has 13 heavy (non-hydrogen) atoms. The van der Waals surface area contributed by atoms with Crippen LogP contribution < -0.4 is 5.73 Å². The second kappa shape index (κ2) is 3.47. The van der Waals surface area contributed by atoms with E-state index < -0.39 is 0 Å². The third kappa shape index (κ3) is 1.64. The monoisotopic (exact) mass is 179 g/mol. The Balaban J connectivity index is 3.26. The molecule has 0 aromatic heterocycles. The van der Waals surface area contributed by atoms with E-state index >= 15 is 0 Å². The van der Waals surface area contributed by atoms with Crippen LogP contribution in [0.2, 0.25) is 0 Å². The minimum absolute atomic E-state index is 0.319. The maximum atomic E-state index is 11.2. The van der Waals surface area contributed by atoms with Gasteiger partial charge in [0.1, 0.15) is 0 Å². The highest BCUT2D eigenvalue weighted by atomic mass is 16.5. The topological polar surface area (TPSA) is 52.3 Å². The van der Waals surface area contributed by atoms with Gasteiger partial charge < -0.3 is 10.5 Å². The van der Waals surface area contributed by atoms with Crippen molar-refractivity contribution >= 4 is 11.7 Å². The molecule has 1 aromatic rings. The molecule has 3 nitrogen and oxygen atoms in total. The largest absolute Gasteiger partial charge is 0.465 e. The number of anilines is 1. The Morgan fingerprint density at radius 1 is 1.31 bits per heavy atom. The van der Waals surface area contributed by atoms with Crippen LogP contribution in [0.3, 0.4) is 0 Å². The zero-order chi connectivity index (χ0) is 10.0. The minimum Gasteiger partial charge on any atom is -0.465 e. The van der Waals surface area contributed by atoms with Crippen LogP contribution in [0.25, 0.3) is 0 Å². The molecular weight excluding hydrogens is 166 g/mol. The SMILES string of the molecule is COC(=O)c1ccc(N)c(C)c1C. The Labute approximate surface area is 77.5 Å². The lowest BCUT2D eigenvalue weighted by Gasteiger charge is -2.08. The first kappa shape index (κ1) is 9.58. The summed E-state index contributed by atoms with van der Waals surface area (Å²) in [5, 5.41) is 0. The van der Waals surface area contributed by atoms with Gasteiger partial charge in [-0.3, -0.25) is 0 Å². The van der Waals surface area contributed by atoms with Gasteiger partial charge in [0.05, 0.1) is 12.7 Å². The summed E-state index contributed by atoms with van der Waals surface area (Å²) in [4.78, 5) is 11.2. The quantitative estimate of drug-likeness (QED) is 0.527. The number of nitrogens with two attached hydrogens (primary N) is 1. The first-order valence-electron chi connectivity index (χ1n) is 4.02. The van der Waals surface area contributed by atoms with E-state index in [0.29, 0.717) is 11.3 Å². The van der Waals surface area contributed by atoms with E-state index in [1.807, 2.05) is 13.8 Å². The van der Waals surface area contributed by atoms with Gasteiger partial charge in [-0.2, -0.15) is 0 Å². The highest BCUT2D eigenvalue weighted by molar-refractivity contribution is 5.92. The number of hydrogen-bond donors (Lipinski definition) is 1. The van der Waals surface area contributed by atoms with Crippen LogP contribution in [-0.2, 0) is 4.74 Å². The molecule has 0 saturated heterocycles. The first-order chi connectivity index (χ1) is 6.07. The lowest BCUT2D eigenvalue weighted by Crippen LogP contribution is -2.06. The van der Waals surface area contributed by atoms with Crippen LogP contribution in [0.5, 0.6) is 0 Å². The average Bonchev–Trinajstić information content (AvgIpc) is 2.13. The Morgan fingerprint density at radius 3 is 2.46 bits per heavy atom. The molecule has 0 saturated carbocycles. The fraction of sp³-hybridized carbons (Fsp3) is 0.300. The third-order valence-corrected chi connectivity index (χ3v) is 2.23. The van der Waals surface area contributed by atoms with Gasteiger partial charge in [0.25, 0.3) is 0 Å². The number of nitrogen functional groups attached to an aromatic ring is 1. The Kier molecular flexibility index (Phi) is 2.56. The molecule has 0 aliphatic carbocycles. The molecule has 1 aromatic carbocycles. The number of ether oxygens (including phenoxy) is 1. The van der Waals surface area contributed by atoms with E-state index in [2.05, 4.69) is 4.74 Å². The smallest absolute Gasteiger partial charge is 0.338 e. The third-order valence-electron chi connectivity index (χ3n) is 2.23. The summed E-state index contributed by atoms with van der Waals surface area (Å²) < 4.78 is 4.63. The highest BCUT2D eigenvalue weighted by Gasteiger charge is 2.11. The lowest BCUT2D eigenvalue weighted by atomic mass is 10.0. The Bertz CT molecular complexity index is 345. The van der Waals surface area contributed by atoms with Crippen LogP contribution in [0, 0.1) is 13.8 Å². The van der Waals surface area contributed by atoms with Crippen LogP contribution in [-0.4, -0.2) is 13.1 Å². The molecule has 3 heteroatoms. The van der Waals surface area contributed by atoms with Crippen molar-refractivity contribution in [2.75, 3.05) is 12.8 Å². The van der Waals surface area contributed by atoms with Crippen LogP contribution in [0.1, 0.15) is 21.5 Å². The molecular formula is C10H13NO2. The van der Waals surface area contributed by atoms with Crippen molar-refractivity contribution in [2.45, 2.75) is 13.8 Å². The molecule has 0 fully saturated rings. The summed E-state index contributed by atoms with van der Waals surface area (Å²) in [5.74, 6) is -0.319. The number of hydrogen-bond acceptors (Lipinski definition) is 3. The van der Waals surface area contributed by atoms with Crippen molar-refractivity contribution in [3.05, 3.63) is 28.8 Å².